The Morgan fingerprint density at radius 2 is 1.76 bits per heavy atom. The summed E-state index contributed by atoms with van der Waals surface area (Å²) in [5.41, 5.74) is 6.39. The topological polar surface area (TPSA) is 136 Å². The van der Waals surface area contributed by atoms with E-state index in [4.69, 9.17) is 10.5 Å². The normalized spacial score (nSPS) is 11.1. The van der Waals surface area contributed by atoms with E-state index in [1.165, 1.54) is 54.5 Å². The largest absolute Gasteiger partial charge is 0.497 e. The third-order valence-electron chi connectivity index (χ3n) is 3.54. The van der Waals surface area contributed by atoms with E-state index in [1.54, 1.807) is 24.3 Å². The maximum Gasteiger partial charge on any atom is 0.261 e. The molecule has 4 N–H and O–H groups in total. The number of methoxy groups -OCH3 is 1. The predicted octanol–water partition coefficient (Wildman–Crippen LogP) is 2.66. The van der Waals surface area contributed by atoms with Crippen molar-refractivity contribution in [1.29, 1.82) is 0 Å². The number of hydrogen-bond donors (Lipinski definition) is 3. The molecule has 1 aromatic heterocycles. The number of nitrogen functional groups attached to an aromatic ring is 1. The van der Waals surface area contributed by atoms with Crippen LogP contribution in [0.3, 0.4) is 0 Å². The van der Waals surface area contributed by atoms with Crippen molar-refractivity contribution in [2.45, 2.75) is 9.24 Å². The second-order valence-electron chi connectivity index (χ2n) is 5.60. The first-order chi connectivity index (χ1) is 13.9. The molecule has 3 aromatic rings. The SMILES string of the molecule is COc1ccc(NS(=O)(=O)c2ccc(NC(=O)CSc3nnc(N)s3)cc2)cc1. The number of nitrogens with zero attached hydrogens (tertiary/aromatic N) is 2. The van der Waals surface area contributed by atoms with E-state index in [-0.39, 0.29) is 16.6 Å². The van der Waals surface area contributed by atoms with Gasteiger partial charge in [0.2, 0.25) is 11.0 Å². The number of amides is 1. The van der Waals surface area contributed by atoms with Crippen LogP contribution in [0.1, 0.15) is 0 Å². The van der Waals surface area contributed by atoms with Crippen LogP contribution in [0, 0.1) is 0 Å². The van der Waals surface area contributed by atoms with E-state index in [0.717, 1.165) is 0 Å². The van der Waals surface area contributed by atoms with Crippen molar-refractivity contribution in [3.8, 4) is 5.75 Å². The van der Waals surface area contributed by atoms with Crippen LogP contribution in [0.5, 0.6) is 5.75 Å². The summed E-state index contributed by atoms with van der Waals surface area (Å²) in [7, 11) is -2.22. The molecule has 3 rings (SSSR count). The summed E-state index contributed by atoms with van der Waals surface area (Å²) in [6.07, 6.45) is 0. The minimum Gasteiger partial charge on any atom is -0.497 e. The molecule has 0 aliphatic heterocycles. The fourth-order valence-corrected chi connectivity index (χ4v) is 4.69. The summed E-state index contributed by atoms with van der Waals surface area (Å²) in [4.78, 5) is 12.1. The Labute approximate surface area is 175 Å². The average Bonchev–Trinajstić information content (AvgIpc) is 3.12. The molecule has 12 heteroatoms. The molecule has 0 aliphatic carbocycles. The van der Waals surface area contributed by atoms with Crippen LogP contribution >= 0.6 is 23.1 Å². The van der Waals surface area contributed by atoms with Crippen molar-refractivity contribution in [3.63, 3.8) is 0 Å². The number of hydrogen-bond acceptors (Lipinski definition) is 9. The molecule has 0 atom stereocenters. The third kappa shape index (κ3) is 5.82. The lowest BCUT2D eigenvalue weighted by molar-refractivity contribution is -0.113. The maximum absolute atomic E-state index is 12.5. The molecular weight excluding hydrogens is 434 g/mol. The Hall–Kier alpha value is -2.83. The number of carbonyl (C=O) groups is 1. The van der Waals surface area contributed by atoms with Crippen molar-refractivity contribution in [1.82, 2.24) is 10.2 Å². The van der Waals surface area contributed by atoms with Crippen molar-refractivity contribution in [3.05, 3.63) is 48.5 Å². The van der Waals surface area contributed by atoms with Crippen molar-refractivity contribution >= 4 is 55.5 Å². The van der Waals surface area contributed by atoms with Crippen LogP contribution in [0.25, 0.3) is 0 Å². The van der Waals surface area contributed by atoms with Gasteiger partial charge in [-0.1, -0.05) is 23.1 Å². The van der Waals surface area contributed by atoms with Crippen molar-refractivity contribution in [2.75, 3.05) is 28.6 Å². The number of thioether (sulfide) groups is 1. The molecule has 29 heavy (non-hydrogen) atoms. The van der Waals surface area contributed by atoms with Crippen molar-refractivity contribution < 1.29 is 17.9 Å². The van der Waals surface area contributed by atoms with Crippen LogP contribution in [0.15, 0.2) is 57.8 Å². The zero-order valence-corrected chi connectivity index (χ0v) is 17.6. The lowest BCUT2D eigenvalue weighted by atomic mass is 10.3. The van der Waals surface area contributed by atoms with Gasteiger partial charge < -0.3 is 15.8 Å². The number of benzene rings is 2. The minimum absolute atomic E-state index is 0.0741. The first-order valence-corrected chi connectivity index (χ1v) is 11.4. The number of nitrogens with one attached hydrogen (secondary N) is 2. The molecule has 0 aliphatic rings. The summed E-state index contributed by atoms with van der Waals surface area (Å²) in [6, 6.07) is 12.4. The summed E-state index contributed by atoms with van der Waals surface area (Å²) >= 11 is 2.42. The molecule has 0 unspecified atom stereocenters. The van der Waals surface area contributed by atoms with E-state index in [1.807, 2.05) is 0 Å². The standard InChI is InChI=1S/C17H17N5O4S3/c1-26-13-6-2-12(3-7-13)22-29(24,25)14-8-4-11(5-9-14)19-15(23)10-27-17-21-20-16(18)28-17/h2-9,22H,10H2,1H3,(H2,18,20)(H,19,23). The second-order valence-corrected chi connectivity index (χ2v) is 9.52. The molecule has 0 spiro atoms. The van der Waals surface area contributed by atoms with Gasteiger partial charge >= 0.3 is 0 Å². The van der Waals surface area contributed by atoms with Crippen LogP contribution in [0.2, 0.25) is 0 Å². The van der Waals surface area contributed by atoms with E-state index in [9.17, 15) is 13.2 Å². The van der Waals surface area contributed by atoms with E-state index >= 15 is 0 Å². The van der Waals surface area contributed by atoms with Gasteiger partial charge in [-0.05, 0) is 48.5 Å². The summed E-state index contributed by atoms with van der Waals surface area (Å²) in [5, 5.41) is 10.5. The van der Waals surface area contributed by atoms with Crippen LogP contribution < -0.4 is 20.5 Å². The summed E-state index contributed by atoms with van der Waals surface area (Å²) < 4.78 is 33.1. The second kappa shape index (κ2) is 9.11. The Bertz CT molecular complexity index is 1080. The predicted molar refractivity (Wildman–Crippen MR) is 114 cm³/mol. The van der Waals surface area contributed by atoms with Gasteiger partial charge in [0, 0.05) is 11.4 Å². The Morgan fingerprint density at radius 3 is 2.34 bits per heavy atom. The lowest BCUT2D eigenvalue weighted by Crippen LogP contribution is -2.15. The van der Waals surface area contributed by atoms with E-state index in [0.29, 0.717) is 26.6 Å². The van der Waals surface area contributed by atoms with Crippen LogP contribution in [0.4, 0.5) is 16.5 Å². The number of carbonyl (C=O) groups excluding carboxylic acids is 1. The molecule has 9 nitrogen and oxygen atoms in total. The molecule has 0 saturated heterocycles. The number of rotatable bonds is 8. The molecule has 0 fully saturated rings. The number of sulfonamides is 1. The summed E-state index contributed by atoms with van der Waals surface area (Å²) in [5.74, 6) is 0.504. The lowest BCUT2D eigenvalue weighted by Gasteiger charge is -2.10. The van der Waals surface area contributed by atoms with E-state index < -0.39 is 10.0 Å². The number of anilines is 3. The Kier molecular flexibility index (Phi) is 6.56. The first kappa shape index (κ1) is 20.9. The van der Waals surface area contributed by atoms with Gasteiger partial charge in [-0.15, -0.1) is 10.2 Å². The Balaban J connectivity index is 1.58. The van der Waals surface area contributed by atoms with Gasteiger partial charge in [-0.25, -0.2) is 8.42 Å². The number of ether oxygens (including phenoxy) is 1. The highest BCUT2D eigenvalue weighted by molar-refractivity contribution is 8.01. The maximum atomic E-state index is 12.5. The third-order valence-corrected chi connectivity index (χ3v) is 6.82. The smallest absolute Gasteiger partial charge is 0.261 e. The number of aromatic nitrogens is 2. The van der Waals surface area contributed by atoms with Gasteiger partial charge in [0.15, 0.2) is 4.34 Å². The average molecular weight is 452 g/mol. The summed E-state index contributed by atoms with van der Waals surface area (Å²) in [6.45, 7) is 0. The van der Waals surface area contributed by atoms with Gasteiger partial charge in [0.25, 0.3) is 10.0 Å². The highest BCUT2D eigenvalue weighted by atomic mass is 32.2. The molecule has 1 heterocycles. The van der Waals surface area contributed by atoms with Gasteiger partial charge in [0.05, 0.1) is 17.8 Å². The van der Waals surface area contributed by atoms with Gasteiger partial charge in [-0.3, -0.25) is 9.52 Å². The monoisotopic (exact) mass is 451 g/mol. The first-order valence-electron chi connectivity index (χ1n) is 8.14. The Morgan fingerprint density at radius 1 is 1.10 bits per heavy atom. The zero-order valence-electron chi connectivity index (χ0n) is 15.2. The van der Waals surface area contributed by atoms with E-state index in [2.05, 4.69) is 20.2 Å². The van der Waals surface area contributed by atoms with Crippen LogP contribution in [-0.2, 0) is 14.8 Å². The molecule has 152 valence electrons. The fourth-order valence-electron chi connectivity index (χ4n) is 2.19. The molecular formula is C17H17N5O4S3. The van der Waals surface area contributed by atoms with Gasteiger partial charge in [-0.2, -0.15) is 0 Å². The van der Waals surface area contributed by atoms with Crippen LogP contribution in [-0.4, -0.2) is 37.4 Å². The van der Waals surface area contributed by atoms with Gasteiger partial charge in [0.1, 0.15) is 5.75 Å². The molecule has 0 radical (unpaired) electrons. The highest BCUT2D eigenvalue weighted by Crippen LogP contribution is 2.24. The number of nitrogens with two attached hydrogens (primary N) is 1. The fraction of sp³-hybridized carbons (Fsp3) is 0.118. The molecule has 2 aromatic carbocycles. The molecule has 1 amide bonds. The quantitative estimate of drug-likeness (QED) is 0.445. The van der Waals surface area contributed by atoms with Crippen molar-refractivity contribution in [2.24, 2.45) is 0 Å². The minimum atomic E-state index is -3.76. The zero-order chi connectivity index (χ0) is 20.9. The highest BCUT2D eigenvalue weighted by Gasteiger charge is 2.15. The molecule has 0 bridgehead atoms. The molecule has 0 saturated carbocycles.